The van der Waals surface area contributed by atoms with E-state index in [-0.39, 0.29) is 0 Å². The van der Waals surface area contributed by atoms with Gasteiger partial charge in [-0.1, -0.05) is 136 Å². The van der Waals surface area contributed by atoms with Crippen LogP contribution >= 0.6 is 0 Å². The Hall–Kier alpha value is -7.11. The van der Waals surface area contributed by atoms with Crippen molar-refractivity contribution in [2.45, 2.75) is 52.4 Å². The molecule has 3 aromatic heterocycles. The van der Waals surface area contributed by atoms with E-state index in [1.165, 1.54) is 41.2 Å². The van der Waals surface area contributed by atoms with Crippen LogP contribution in [-0.2, 0) is 12.8 Å². The van der Waals surface area contributed by atoms with Gasteiger partial charge in [0, 0.05) is 38.2 Å². The normalized spacial score (nSPS) is 11.9. The maximum Gasteiger partial charge on any atom is 0.164 e. The fraction of sp³-hybridized carbons (Fsp3) is 0.145. The van der Waals surface area contributed by atoms with Gasteiger partial charge in [-0.15, -0.1) is 0 Å². The van der Waals surface area contributed by atoms with Crippen LogP contribution in [0.2, 0.25) is 0 Å². The molecule has 0 spiro atoms. The summed E-state index contributed by atoms with van der Waals surface area (Å²) >= 11 is 0. The van der Waals surface area contributed by atoms with E-state index in [2.05, 4.69) is 153 Å². The highest BCUT2D eigenvalue weighted by Crippen LogP contribution is 2.42. The molecule has 0 bridgehead atoms. The predicted octanol–water partition coefficient (Wildman–Crippen LogP) is 15.3. The molecule has 0 fully saturated rings. The van der Waals surface area contributed by atoms with Crippen LogP contribution in [0.15, 0.2) is 160 Å². The Balaban J connectivity index is 1.08. The largest absolute Gasteiger partial charge is 0.456 e. The van der Waals surface area contributed by atoms with Crippen LogP contribution in [0.5, 0.6) is 0 Å². The van der Waals surface area contributed by atoms with Gasteiger partial charge in [0.1, 0.15) is 22.3 Å². The van der Waals surface area contributed by atoms with E-state index >= 15 is 0 Å². The lowest BCUT2D eigenvalue weighted by Gasteiger charge is -2.11. The molecule has 3 heterocycles. The van der Waals surface area contributed by atoms with Gasteiger partial charge in [0.15, 0.2) is 17.5 Å². The van der Waals surface area contributed by atoms with Gasteiger partial charge in [-0.05, 0) is 112 Å². The highest BCUT2D eigenvalue weighted by Gasteiger charge is 2.20. The summed E-state index contributed by atoms with van der Waals surface area (Å²) in [4.78, 5) is 15.7. The first kappa shape index (κ1) is 36.0. The summed E-state index contributed by atoms with van der Waals surface area (Å²) in [6, 6.07) is 53.8. The van der Waals surface area contributed by atoms with Crippen molar-refractivity contribution in [2.24, 2.45) is 0 Å². The van der Waals surface area contributed by atoms with Crippen LogP contribution in [0.1, 0.15) is 50.7 Å². The topological polar surface area (TPSA) is 65.0 Å². The maximum atomic E-state index is 6.56. The lowest BCUT2D eigenvalue weighted by atomic mass is 9.96. The molecule has 11 aromatic rings. The fourth-order valence-corrected chi connectivity index (χ4v) is 8.88. The van der Waals surface area contributed by atoms with E-state index in [9.17, 15) is 0 Å². The van der Waals surface area contributed by atoms with Gasteiger partial charge < -0.3 is 8.83 Å². The summed E-state index contributed by atoms with van der Waals surface area (Å²) < 4.78 is 13.0. The molecule has 0 aliphatic rings. The zero-order valence-corrected chi connectivity index (χ0v) is 33.8. The van der Waals surface area contributed by atoms with E-state index in [1.807, 2.05) is 12.1 Å². The van der Waals surface area contributed by atoms with Crippen LogP contribution < -0.4 is 0 Å². The molecule has 0 unspecified atom stereocenters. The first-order chi connectivity index (χ1) is 29.6. The van der Waals surface area contributed by atoms with Crippen molar-refractivity contribution >= 4 is 65.4 Å². The highest BCUT2D eigenvalue weighted by molar-refractivity contribution is 6.16. The molecule has 0 aliphatic carbocycles. The summed E-state index contributed by atoms with van der Waals surface area (Å²) in [5, 5.41) is 8.91. The second-order valence-corrected chi connectivity index (χ2v) is 16.1. The molecule has 0 saturated heterocycles. The number of aromatic nitrogens is 3. The SMILES string of the molecule is CCCCc1ccc2cc(-c3nc(-c4ccc5ccccc5c4)nc(-c4cccc5oc6ccc(-c7cccc8oc9cc(CCCC)ccc9c78)cc6c45)n3)ccc2c1. The standard InChI is InChI=1S/C55H43N3O2/c1-3-5-11-34-19-21-39-32-42(25-23-38(39)29-34)54-56-53(41-24-22-36-13-7-8-14-37(36)31-41)57-55(58-54)45-16-10-18-49-52(45)46-33-40(26-28-47(46)59-49)43-15-9-17-48-51(43)44-27-20-35(12-6-4-2)30-50(44)60-48/h7-10,13-33H,3-6,11-12H2,1-2H3. The molecule has 290 valence electrons. The monoisotopic (exact) mass is 777 g/mol. The zero-order chi connectivity index (χ0) is 40.2. The number of rotatable bonds is 10. The van der Waals surface area contributed by atoms with Crippen molar-refractivity contribution < 1.29 is 8.83 Å². The molecule has 0 radical (unpaired) electrons. The minimum atomic E-state index is 0.596. The van der Waals surface area contributed by atoms with Crippen molar-refractivity contribution in [3.05, 3.63) is 163 Å². The zero-order valence-electron chi connectivity index (χ0n) is 33.8. The molecule has 8 aromatic carbocycles. The van der Waals surface area contributed by atoms with Gasteiger partial charge in [-0.25, -0.2) is 15.0 Å². The Morgan fingerprint density at radius 3 is 1.70 bits per heavy atom. The van der Waals surface area contributed by atoms with E-state index in [0.717, 1.165) is 102 Å². The van der Waals surface area contributed by atoms with Crippen LogP contribution in [0, 0.1) is 0 Å². The minimum Gasteiger partial charge on any atom is -0.456 e. The van der Waals surface area contributed by atoms with Gasteiger partial charge in [0.25, 0.3) is 0 Å². The van der Waals surface area contributed by atoms with Crippen LogP contribution in [0.4, 0.5) is 0 Å². The molecule has 0 amide bonds. The molecule has 5 heteroatoms. The highest BCUT2D eigenvalue weighted by atomic mass is 16.3. The third-order valence-electron chi connectivity index (χ3n) is 12.1. The Kier molecular flexibility index (Phi) is 8.96. The molecular formula is C55H43N3O2. The quantitative estimate of drug-likeness (QED) is 0.138. The second kappa shape index (κ2) is 14.9. The summed E-state index contributed by atoms with van der Waals surface area (Å²) in [6.07, 6.45) is 6.84. The Morgan fingerprint density at radius 2 is 0.950 bits per heavy atom. The van der Waals surface area contributed by atoms with Gasteiger partial charge in [0.2, 0.25) is 0 Å². The molecule has 11 rings (SSSR count). The first-order valence-corrected chi connectivity index (χ1v) is 21.3. The molecule has 0 aliphatic heterocycles. The molecule has 0 N–H and O–H groups in total. The van der Waals surface area contributed by atoms with Crippen LogP contribution in [0.25, 0.3) is 111 Å². The Bertz CT molecular complexity index is 3430. The Labute approximate surface area is 348 Å². The van der Waals surface area contributed by atoms with Crippen LogP contribution in [-0.4, -0.2) is 15.0 Å². The van der Waals surface area contributed by atoms with Crippen molar-refractivity contribution in [2.75, 3.05) is 0 Å². The van der Waals surface area contributed by atoms with Crippen molar-refractivity contribution in [3.63, 3.8) is 0 Å². The molecular weight excluding hydrogens is 735 g/mol. The number of hydrogen-bond donors (Lipinski definition) is 0. The average molecular weight is 778 g/mol. The van der Waals surface area contributed by atoms with E-state index in [1.54, 1.807) is 0 Å². The van der Waals surface area contributed by atoms with Crippen molar-refractivity contribution in [1.29, 1.82) is 0 Å². The third kappa shape index (κ3) is 6.38. The lowest BCUT2D eigenvalue weighted by Crippen LogP contribution is -2.00. The number of aryl methyl sites for hydroxylation is 2. The maximum absolute atomic E-state index is 6.56. The molecule has 60 heavy (non-hydrogen) atoms. The number of nitrogens with zero attached hydrogens (tertiary/aromatic N) is 3. The number of hydrogen-bond acceptors (Lipinski definition) is 5. The smallest absolute Gasteiger partial charge is 0.164 e. The summed E-state index contributed by atoms with van der Waals surface area (Å²) in [6.45, 7) is 4.47. The average Bonchev–Trinajstić information content (AvgIpc) is 3.87. The first-order valence-electron chi connectivity index (χ1n) is 21.3. The molecule has 0 saturated carbocycles. The van der Waals surface area contributed by atoms with Crippen molar-refractivity contribution in [3.8, 4) is 45.3 Å². The number of benzene rings is 8. The minimum absolute atomic E-state index is 0.596. The Morgan fingerprint density at radius 1 is 0.383 bits per heavy atom. The molecule has 5 nitrogen and oxygen atoms in total. The van der Waals surface area contributed by atoms with Crippen LogP contribution in [0.3, 0.4) is 0 Å². The summed E-state index contributed by atoms with van der Waals surface area (Å²) in [5.74, 6) is 1.85. The molecule has 0 atom stereocenters. The van der Waals surface area contributed by atoms with Gasteiger partial charge in [0.05, 0.1) is 0 Å². The van der Waals surface area contributed by atoms with Gasteiger partial charge in [-0.2, -0.15) is 0 Å². The van der Waals surface area contributed by atoms with Gasteiger partial charge in [-0.3, -0.25) is 0 Å². The lowest BCUT2D eigenvalue weighted by molar-refractivity contribution is 0.667. The van der Waals surface area contributed by atoms with E-state index in [4.69, 9.17) is 23.8 Å². The number of fused-ring (bicyclic) bond motifs is 8. The predicted molar refractivity (Wildman–Crippen MR) is 248 cm³/mol. The van der Waals surface area contributed by atoms with Gasteiger partial charge >= 0.3 is 0 Å². The third-order valence-corrected chi connectivity index (χ3v) is 12.1. The van der Waals surface area contributed by atoms with E-state index < -0.39 is 0 Å². The van der Waals surface area contributed by atoms with E-state index in [0.29, 0.717) is 17.5 Å². The summed E-state index contributed by atoms with van der Waals surface area (Å²) in [7, 11) is 0. The second-order valence-electron chi connectivity index (χ2n) is 16.1. The summed E-state index contributed by atoms with van der Waals surface area (Å²) in [5.41, 5.74) is 11.1. The fourth-order valence-electron chi connectivity index (χ4n) is 8.88. The van der Waals surface area contributed by atoms with Crippen molar-refractivity contribution in [1.82, 2.24) is 15.0 Å². The number of unbranched alkanes of at least 4 members (excludes halogenated alkanes) is 2. The number of furan rings is 2.